The topological polar surface area (TPSA) is 96.7 Å². The third kappa shape index (κ3) is 10.4. The second-order valence-corrected chi connectivity index (χ2v) is 12.0. The Morgan fingerprint density at radius 3 is 0.930 bits per heavy atom. The first kappa shape index (κ1) is 37.8. The van der Waals surface area contributed by atoms with Crippen LogP contribution in [0.1, 0.15) is 77.0 Å². The summed E-state index contributed by atoms with van der Waals surface area (Å²) >= 11 is 0. The summed E-state index contributed by atoms with van der Waals surface area (Å²) in [6, 6.07) is 0. The predicted molar refractivity (Wildman–Crippen MR) is 190 cm³/mol. The van der Waals surface area contributed by atoms with E-state index in [0.29, 0.717) is 25.7 Å². The van der Waals surface area contributed by atoms with Gasteiger partial charge in [-0.15, -0.1) is 65.0 Å². The maximum atomic E-state index is 8.57. The van der Waals surface area contributed by atoms with Crippen LogP contribution in [0.3, 0.4) is 0 Å². The molecule has 0 aromatic carbocycles. The lowest BCUT2D eigenvalue weighted by Crippen LogP contribution is -2.63. The van der Waals surface area contributed by atoms with Crippen LogP contribution in [0.2, 0.25) is 0 Å². The van der Waals surface area contributed by atoms with Gasteiger partial charge in [-0.25, -0.2) is 10.9 Å². The fraction of sp³-hybridized carbons (Fsp3) is 0.457. The Hall–Kier alpha value is -3.26. The zero-order chi connectivity index (χ0) is 31.1. The van der Waals surface area contributed by atoms with Crippen molar-refractivity contribution in [1.82, 2.24) is 21.5 Å². The second-order valence-electron chi connectivity index (χ2n) is 12.0. The van der Waals surface area contributed by atoms with Crippen molar-refractivity contribution in [3.63, 3.8) is 0 Å². The fourth-order valence-corrected chi connectivity index (χ4v) is 6.97. The molecule has 2 rings (SSSR count). The highest BCUT2D eigenvalue weighted by Gasteiger charge is 2.45. The number of halogens is 1. The molecule has 0 aromatic rings. The Morgan fingerprint density at radius 2 is 0.744 bits per heavy atom. The monoisotopic (exact) mass is 607 g/mol. The van der Waals surface area contributed by atoms with Gasteiger partial charge in [0.2, 0.25) is 5.96 Å². The minimum atomic E-state index is -0.265. The molecule has 0 amide bonds. The number of piperidine rings is 2. The zero-order valence-electron chi connectivity index (χ0n) is 26.1. The van der Waals surface area contributed by atoms with Crippen molar-refractivity contribution in [2.45, 2.75) is 99.2 Å². The Morgan fingerprint density at radius 1 is 0.535 bits per heavy atom. The summed E-state index contributed by atoms with van der Waals surface area (Å²) in [5, 5.41) is 25.8. The highest BCUT2D eigenvalue weighted by Crippen LogP contribution is 2.38. The van der Waals surface area contributed by atoms with Gasteiger partial charge in [0.15, 0.2) is 0 Å². The number of hydrogen-bond donors (Lipinski definition) is 5. The van der Waals surface area contributed by atoms with E-state index >= 15 is 0 Å². The molecule has 2 aliphatic heterocycles. The highest BCUT2D eigenvalue weighted by molar-refractivity contribution is 5.91. The van der Waals surface area contributed by atoms with Gasteiger partial charge in [-0.2, -0.15) is 10.2 Å². The Labute approximate surface area is 266 Å². The first-order chi connectivity index (χ1) is 20.2. The number of hydrogen-bond acceptors (Lipinski definition) is 5. The van der Waals surface area contributed by atoms with Crippen molar-refractivity contribution in [2.24, 2.45) is 10.2 Å². The lowest BCUT2D eigenvalue weighted by molar-refractivity contribution is 0.190. The van der Waals surface area contributed by atoms with Crippen LogP contribution < -0.4 is 21.5 Å². The third-order valence-electron chi connectivity index (χ3n) is 8.16. The standard InChI is InChI=1S/C35H53N7.ClH/c1-9-17-32(18-10-2)25-29(26-33(41-32,19-11-3)20-12-4)37-39-31(36)40-38-30-27-34(21-13-5,22-14-6)42-35(28-30,23-15-7)24-16-8;/h9-16,41-42H,1-8,17-28H2,(H3,36,39,40);1H. The van der Waals surface area contributed by atoms with E-state index in [4.69, 9.17) is 15.6 Å². The average Bonchev–Trinajstić information content (AvgIpc) is 2.91. The molecule has 0 unspecified atom stereocenters. The molecule has 0 aliphatic carbocycles. The minimum Gasteiger partial charge on any atom is -0.304 e. The summed E-state index contributed by atoms with van der Waals surface area (Å²) < 4.78 is 0. The van der Waals surface area contributed by atoms with Gasteiger partial charge < -0.3 is 10.6 Å². The summed E-state index contributed by atoms with van der Waals surface area (Å²) in [5.74, 6) is 0.0132. The fourth-order valence-electron chi connectivity index (χ4n) is 6.97. The lowest BCUT2D eigenvalue weighted by atomic mass is 9.72. The molecule has 8 heteroatoms. The molecular weight excluding hydrogens is 554 g/mol. The molecule has 43 heavy (non-hydrogen) atoms. The summed E-state index contributed by atoms with van der Waals surface area (Å²) in [7, 11) is 0. The maximum absolute atomic E-state index is 8.57. The number of rotatable bonds is 18. The van der Waals surface area contributed by atoms with Crippen LogP contribution in [-0.2, 0) is 0 Å². The smallest absolute Gasteiger partial charge is 0.230 e. The van der Waals surface area contributed by atoms with Gasteiger partial charge in [-0.1, -0.05) is 48.6 Å². The third-order valence-corrected chi connectivity index (χ3v) is 8.16. The summed E-state index contributed by atoms with van der Waals surface area (Å²) in [4.78, 5) is 0. The molecule has 0 radical (unpaired) electrons. The van der Waals surface area contributed by atoms with Gasteiger partial charge >= 0.3 is 0 Å². The van der Waals surface area contributed by atoms with Crippen molar-refractivity contribution in [1.29, 1.82) is 5.41 Å². The summed E-state index contributed by atoms with van der Waals surface area (Å²) in [6.07, 6.45) is 24.5. The first-order valence-electron chi connectivity index (χ1n) is 14.8. The lowest BCUT2D eigenvalue weighted by Gasteiger charge is -2.49. The molecule has 2 heterocycles. The second kappa shape index (κ2) is 17.8. The Bertz CT molecular complexity index is 907. The van der Waals surface area contributed by atoms with Crippen LogP contribution in [0.25, 0.3) is 0 Å². The highest BCUT2D eigenvalue weighted by atomic mass is 35.5. The van der Waals surface area contributed by atoms with E-state index in [-0.39, 0.29) is 40.5 Å². The maximum Gasteiger partial charge on any atom is 0.230 e. The van der Waals surface area contributed by atoms with Crippen molar-refractivity contribution in [2.75, 3.05) is 0 Å². The first-order valence-corrected chi connectivity index (χ1v) is 14.8. The molecule has 0 spiro atoms. The largest absolute Gasteiger partial charge is 0.304 e. The molecule has 5 N–H and O–H groups in total. The van der Waals surface area contributed by atoms with Crippen LogP contribution in [0.5, 0.6) is 0 Å². The van der Waals surface area contributed by atoms with E-state index < -0.39 is 0 Å². The number of guanidine groups is 1. The SMILES string of the molecule is C=CCC1(CC=C)CC(=NNC(=N)NN=C2CC(CC=C)(CC=C)NC(CC=C)(CC=C)C2)CC(CC=C)(CC=C)N1.Cl. The average molecular weight is 608 g/mol. The summed E-state index contributed by atoms with van der Waals surface area (Å²) in [6.45, 7) is 32.0. The number of nitrogens with one attached hydrogen (secondary N) is 5. The van der Waals surface area contributed by atoms with E-state index in [9.17, 15) is 0 Å². The van der Waals surface area contributed by atoms with E-state index in [1.54, 1.807) is 0 Å². The Kier molecular flexibility index (Phi) is 15.6. The van der Waals surface area contributed by atoms with Gasteiger partial charge in [0.25, 0.3) is 0 Å². The van der Waals surface area contributed by atoms with Gasteiger partial charge in [0.05, 0.1) is 0 Å². The van der Waals surface area contributed by atoms with Gasteiger partial charge in [0.1, 0.15) is 0 Å². The van der Waals surface area contributed by atoms with Gasteiger partial charge in [-0.3, -0.25) is 5.41 Å². The molecular formula is C35H54ClN7. The van der Waals surface area contributed by atoms with E-state index in [0.717, 1.165) is 62.8 Å². The molecule has 0 bridgehead atoms. The molecule has 0 aromatic heterocycles. The van der Waals surface area contributed by atoms with Crippen molar-refractivity contribution in [3.05, 3.63) is 101 Å². The minimum absolute atomic E-state index is 0. The van der Waals surface area contributed by atoms with Crippen LogP contribution in [0.4, 0.5) is 0 Å². The van der Waals surface area contributed by atoms with E-state index in [2.05, 4.69) is 74.1 Å². The molecule has 2 saturated heterocycles. The van der Waals surface area contributed by atoms with Crippen molar-refractivity contribution < 1.29 is 0 Å². The number of nitrogens with zero attached hydrogens (tertiary/aromatic N) is 2. The molecule has 7 nitrogen and oxygen atoms in total. The normalized spacial score (nSPS) is 19.3. The van der Waals surface area contributed by atoms with Crippen molar-refractivity contribution >= 4 is 29.8 Å². The van der Waals surface area contributed by atoms with Crippen LogP contribution in [0.15, 0.2) is 111 Å². The molecule has 2 fully saturated rings. The van der Waals surface area contributed by atoms with E-state index in [1.165, 1.54) is 0 Å². The zero-order valence-corrected chi connectivity index (χ0v) is 26.9. The Balaban J connectivity index is 0.00000924. The van der Waals surface area contributed by atoms with Crippen LogP contribution >= 0.6 is 12.4 Å². The van der Waals surface area contributed by atoms with E-state index in [1.807, 2.05) is 48.6 Å². The number of hydrazone groups is 2. The molecule has 0 saturated carbocycles. The van der Waals surface area contributed by atoms with Crippen LogP contribution in [-0.4, -0.2) is 39.5 Å². The van der Waals surface area contributed by atoms with Crippen molar-refractivity contribution in [3.8, 4) is 0 Å². The van der Waals surface area contributed by atoms with Crippen LogP contribution in [0, 0.1) is 5.41 Å². The molecule has 2 aliphatic rings. The molecule has 0 atom stereocenters. The summed E-state index contributed by atoms with van der Waals surface area (Å²) in [5.41, 5.74) is 6.71. The quantitative estimate of drug-likeness (QED) is 0.0480. The molecule has 236 valence electrons. The predicted octanol–water partition coefficient (Wildman–Crippen LogP) is 7.56. The van der Waals surface area contributed by atoms with Gasteiger partial charge in [0, 0.05) is 59.3 Å². The van der Waals surface area contributed by atoms with Gasteiger partial charge in [-0.05, 0) is 51.4 Å².